The molecule has 0 saturated carbocycles. The lowest BCUT2D eigenvalue weighted by Crippen LogP contribution is -2.29. The number of benzene rings is 1. The Labute approximate surface area is 98.4 Å². The van der Waals surface area contributed by atoms with Gasteiger partial charge in [0.2, 0.25) is 0 Å². The first kappa shape index (κ1) is 12.8. The summed E-state index contributed by atoms with van der Waals surface area (Å²) in [6.45, 7) is 7.15. The maximum atomic E-state index is 5.54. The van der Waals surface area contributed by atoms with Gasteiger partial charge in [0.15, 0.2) is 0 Å². The Hall–Kier alpha value is -1.22. The number of aryl methyl sites for hydroxylation is 2. The van der Waals surface area contributed by atoms with Gasteiger partial charge in [-0.05, 0) is 44.5 Å². The first-order valence-corrected chi connectivity index (χ1v) is 5.53. The molecule has 1 aromatic rings. The second kappa shape index (κ2) is 5.21. The molecule has 0 aliphatic rings. The molecule has 1 aromatic carbocycles. The number of ether oxygens (including phenoxy) is 1. The molecule has 0 bridgehead atoms. The molecule has 0 heterocycles. The maximum absolute atomic E-state index is 5.54. The summed E-state index contributed by atoms with van der Waals surface area (Å²) >= 11 is 0. The van der Waals surface area contributed by atoms with Crippen molar-refractivity contribution in [1.29, 1.82) is 0 Å². The SMILES string of the molecule is CNCN(C)c1c(C)cc(C)c(C)c1OC. The molecule has 0 saturated heterocycles. The summed E-state index contributed by atoms with van der Waals surface area (Å²) in [6, 6.07) is 2.21. The van der Waals surface area contributed by atoms with Crippen molar-refractivity contribution >= 4 is 5.69 Å². The van der Waals surface area contributed by atoms with Crippen LogP contribution < -0.4 is 15.0 Å². The maximum Gasteiger partial charge on any atom is 0.145 e. The molecular formula is C13H22N2O. The largest absolute Gasteiger partial charge is 0.494 e. The molecule has 0 atom stereocenters. The lowest BCUT2D eigenvalue weighted by atomic mass is 10.0. The van der Waals surface area contributed by atoms with Gasteiger partial charge in [-0.2, -0.15) is 0 Å². The van der Waals surface area contributed by atoms with Crippen LogP contribution in [0.1, 0.15) is 16.7 Å². The number of rotatable bonds is 4. The molecule has 0 fully saturated rings. The van der Waals surface area contributed by atoms with E-state index in [-0.39, 0.29) is 0 Å². The van der Waals surface area contributed by atoms with Crippen LogP contribution in [-0.4, -0.2) is 27.9 Å². The fourth-order valence-corrected chi connectivity index (χ4v) is 2.08. The van der Waals surface area contributed by atoms with E-state index in [9.17, 15) is 0 Å². The zero-order chi connectivity index (χ0) is 12.3. The van der Waals surface area contributed by atoms with Crippen molar-refractivity contribution in [3.63, 3.8) is 0 Å². The van der Waals surface area contributed by atoms with Crippen LogP contribution in [0, 0.1) is 20.8 Å². The third-order valence-electron chi connectivity index (χ3n) is 2.93. The minimum atomic E-state index is 0.805. The van der Waals surface area contributed by atoms with E-state index in [0.29, 0.717) is 0 Å². The van der Waals surface area contributed by atoms with Gasteiger partial charge in [-0.25, -0.2) is 0 Å². The number of nitrogens with zero attached hydrogens (tertiary/aromatic N) is 1. The summed E-state index contributed by atoms with van der Waals surface area (Å²) in [5.74, 6) is 0.982. The highest BCUT2D eigenvalue weighted by Crippen LogP contribution is 2.36. The third-order valence-corrected chi connectivity index (χ3v) is 2.93. The van der Waals surface area contributed by atoms with Gasteiger partial charge in [-0.15, -0.1) is 0 Å². The van der Waals surface area contributed by atoms with Crippen LogP contribution in [0.5, 0.6) is 5.75 Å². The Morgan fingerprint density at radius 3 is 2.38 bits per heavy atom. The van der Waals surface area contributed by atoms with Crippen molar-refractivity contribution in [2.45, 2.75) is 20.8 Å². The Bertz CT molecular complexity index is 375. The molecule has 0 amide bonds. The minimum absolute atomic E-state index is 0.805. The monoisotopic (exact) mass is 222 g/mol. The second-order valence-electron chi connectivity index (χ2n) is 4.23. The van der Waals surface area contributed by atoms with Gasteiger partial charge >= 0.3 is 0 Å². The molecule has 1 rings (SSSR count). The predicted octanol–water partition coefficient (Wildman–Crippen LogP) is 2.23. The Kier molecular flexibility index (Phi) is 4.19. The van der Waals surface area contributed by atoms with Crippen molar-refractivity contribution in [2.24, 2.45) is 0 Å². The second-order valence-corrected chi connectivity index (χ2v) is 4.23. The van der Waals surface area contributed by atoms with E-state index in [4.69, 9.17) is 4.74 Å². The summed E-state index contributed by atoms with van der Waals surface area (Å²) in [5, 5.41) is 3.15. The molecule has 3 heteroatoms. The smallest absolute Gasteiger partial charge is 0.145 e. The topological polar surface area (TPSA) is 24.5 Å². The summed E-state index contributed by atoms with van der Waals surface area (Å²) in [5.41, 5.74) is 4.90. The number of hydrogen-bond acceptors (Lipinski definition) is 3. The van der Waals surface area contributed by atoms with E-state index in [1.54, 1.807) is 7.11 Å². The van der Waals surface area contributed by atoms with Gasteiger partial charge in [0.25, 0.3) is 0 Å². The van der Waals surface area contributed by atoms with Gasteiger partial charge in [-0.3, -0.25) is 0 Å². The molecule has 16 heavy (non-hydrogen) atoms. The third kappa shape index (κ3) is 2.30. The standard InChI is InChI=1S/C13H22N2O/c1-9-7-10(2)12(15(5)8-14-4)13(16-6)11(9)3/h7,14H,8H2,1-6H3. The van der Waals surface area contributed by atoms with Crippen LogP contribution in [0.2, 0.25) is 0 Å². The average molecular weight is 222 g/mol. The molecule has 90 valence electrons. The van der Waals surface area contributed by atoms with Crippen LogP contribution in [0.25, 0.3) is 0 Å². The molecule has 3 nitrogen and oxygen atoms in total. The van der Waals surface area contributed by atoms with Crippen molar-refractivity contribution in [2.75, 3.05) is 32.8 Å². The zero-order valence-corrected chi connectivity index (χ0v) is 11.1. The summed E-state index contributed by atoms with van der Waals surface area (Å²) in [4.78, 5) is 2.17. The first-order chi connectivity index (χ1) is 7.52. The molecule has 0 unspecified atom stereocenters. The van der Waals surface area contributed by atoms with Crippen molar-refractivity contribution in [1.82, 2.24) is 5.32 Å². The highest BCUT2D eigenvalue weighted by molar-refractivity contribution is 5.67. The average Bonchev–Trinajstić information content (AvgIpc) is 2.23. The predicted molar refractivity (Wildman–Crippen MR) is 69.5 cm³/mol. The molecule has 0 aliphatic carbocycles. The lowest BCUT2D eigenvalue weighted by molar-refractivity contribution is 0.411. The number of anilines is 1. The van der Waals surface area contributed by atoms with Gasteiger partial charge in [0.05, 0.1) is 19.5 Å². The summed E-state index contributed by atoms with van der Waals surface area (Å²) in [6.07, 6.45) is 0. The normalized spacial score (nSPS) is 10.4. The Morgan fingerprint density at radius 1 is 1.25 bits per heavy atom. The molecule has 1 N–H and O–H groups in total. The van der Waals surface area contributed by atoms with Crippen LogP contribution in [-0.2, 0) is 0 Å². The van der Waals surface area contributed by atoms with E-state index < -0.39 is 0 Å². The number of methoxy groups -OCH3 is 1. The number of nitrogens with one attached hydrogen (secondary N) is 1. The summed E-state index contributed by atoms with van der Waals surface area (Å²) in [7, 11) is 5.74. The van der Waals surface area contributed by atoms with E-state index in [1.807, 2.05) is 7.05 Å². The molecular weight excluding hydrogens is 200 g/mol. The molecule has 0 spiro atoms. The summed E-state index contributed by atoms with van der Waals surface area (Å²) < 4.78 is 5.54. The van der Waals surface area contributed by atoms with E-state index in [2.05, 4.69) is 44.1 Å². The fourth-order valence-electron chi connectivity index (χ4n) is 2.08. The molecule has 0 radical (unpaired) electrons. The Balaban J connectivity index is 3.30. The van der Waals surface area contributed by atoms with E-state index in [0.717, 1.165) is 12.4 Å². The quantitative estimate of drug-likeness (QED) is 0.791. The van der Waals surface area contributed by atoms with Crippen molar-refractivity contribution < 1.29 is 4.74 Å². The Morgan fingerprint density at radius 2 is 1.88 bits per heavy atom. The molecule has 0 aliphatic heterocycles. The highest BCUT2D eigenvalue weighted by Gasteiger charge is 2.15. The molecule has 0 aromatic heterocycles. The van der Waals surface area contributed by atoms with E-state index >= 15 is 0 Å². The van der Waals surface area contributed by atoms with Gasteiger partial charge in [0.1, 0.15) is 5.75 Å². The lowest BCUT2D eigenvalue weighted by Gasteiger charge is -2.25. The van der Waals surface area contributed by atoms with Gasteiger partial charge in [-0.1, -0.05) is 6.07 Å². The number of hydrogen-bond donors (Lipinski definition) is 1. The van der Waals surface area contributed by atoms with Gasteiger partial charge < -0.3 is 15.0 Å². The van der Waals surface area contributed by atoms with Crippen LogP contribution >= 0.6 is 0 Å². The van der Waals surface area contributed by atoms with Crippen LogP contribution in [0.4, 0.5) is 5.69 Å². The minimum Gasteiger partial charge on any atom is -0.494 e. The van der Waals surface area contributed by atoms with Crippen molar-refractivity contribution in [3.05, 3.63) is 22.8 Å². The zero-order valence-electron chi connectivity index (χ0n) is 11.1. The van der Waals surface area contributed by atoms with Gasteiger partial charge in [0, 0.05) is 7.05 Å². The highest BCUT2D eigenvalue weighted by atomic mass is 16.5. The van der Waals surface area contributed by atoms with Crippen LogP contribution in [0.3, 0.4) is 0 Å². The van der Waals surface area contributed by atoms with Crippen molar-refractivity contribution in [3.8, 4) is 5.75 Å². The van der Waals surface area contributed by atoms with E-state index in [1.165, 1.54) is 22.4 Å². The first-order valence-electron chi connectivity index (χ1n) is 5.53. The van der Waals surface area contributed by atoms with Crippen LogP contribution in [0.15, 0.2) is 6.07 Å². The fraction of sp³-hybridized carbons (Fsp3) is 0.538.